The van der Waals surface area contributed by atoms with Gasteiger partial charge in [0, 0.05) is 16.5 Å². The minimum Gasteiger partial charge on any atom is -0.497 e. The van der Waals surface area contributed by atoms with Crippen molar-refractivity contribution in [1.82, 2.24) is 0 Å². The number of hydrogen-bond acceptors (Lipinski definition) is 4. The van der Waals surface area contributed by atoms with Crippen molar-refractivity contribution in [3.05, 3.63) is 95.2 Å². The highest BCUT2D eigenvalue weighted by molar-refractivity contribution is 6.19. The number of ether oxygens (including phenoxy) is 1. The zero-order valence-corrected chi connectivity index (χ0v) is 16.1. The number of furan rings is 1. The topological polar surface area (TPSA) is 68.5 Å². The van der Waals surface area contributed by atoms with Crippen molar-refractivity contribution in [2.75, 3.05) is 12.4 Å². The SMILES string of the molecule is COc1ccc(C(=O)c2oc3ccccc3c2NC(=O)c2ccccc2C)cc1. The van der Waals surface area contributed by atoms with Crippen LogP contribution in [0.5, 0.6) is 5.75 Å². The molecule has 4 aromatic rings. The van der Waals surface area contributed by atoms with Gasteiger partial charge in [-0.1, -0.05) is 30.3 Å². The van der Waals surface area contributed by atoms with Gasteiger partial charge >= 0.3 is 0 Å². The molecule has 144 valence electrons. The Kier molecular flexibility index (Phi) is 4.87. The van der Waals surface area contributed by atoms with Gasteiger partial charge in [0.05, 0.1) is 12.8 Å². The summed E-state index contributed by atoms with van der Waals surface area (Å²) in [6, 6.07) is 21.3. The van der Waals surface area contributed by atoms with Gasteiger partial charge < -0.3 is 14.5 Å². The van der Waals surface area contributed by atoms with Crippen LogP contribution in [-0.2, 0) is 0 Å². The Labute approximate surface area is 167 Å². The van der Waals surface area contributed by atoms with Gasteiger partial charge in [0.15, 0.2) is 5.76 Å². The van der Waals surface area contributed by atoms with Crippen LogP contribution in [0.3, 0.4) is 0 Å². The first-order chi connectivity index (χ1) is 14.1. The number of aryl methyl sites for hydroxylation is 1. The monoisotopic (exact) mass is 385 g/mol. The van der Waals surface area contributed by atoms with Crippen molar-refractivity contribution in [2.24, 2.45) is 0 Å². The largest absolute Gasteiger partial charge is 0.497 e. The average molecular weight is 385 g/mol. The van der Waals surface area contributed by atoms with Crippen molar-refractivity contribution in [3.63, 3.8) is 0 Å². The van der Waals surface area contributed by atoms with E-state index in [1.807, 2.05) is 37.3 Å². The van der Waals surface area contributed by atoms with Crippen LogP contribution in [-0.4, -0.2) is 18.8 Å². The van der Waals surface area contributed by atoms with Crippen LogP contribution < -0.4 is 10.1 Å². The van der Waals surface area contributed by atoms with Gasteiger partial charge in [0.25, 0.3) is 5.91 Å². The van der Waals surface area contributed by atoms with Gasteiger partial charge in [-0.25, -0.2) is 0 Å². The van der Waals surface area contributed by atoms with Gasteiger partial charge in [-0.05, 0) is 55.0 Å². The zero-order valence-electron chi connectivity index (χ0n) is 16.1. The Morgan fingerprint density at radius 2 is 1.59 bits per heavy atom. The summed E-state index contributed by atoms with van der Waals surface area (Å²) in [5.41, 5.74) is 2.73. The minimum absolute atomic E-state index is 0.0956. The zero-order chi connectivity index (χ0) is 20.4. The van der Waals surface area contributed by atoms with Crippen molar-refractivity contribution in [2.45, 2.75) is 6.92 Å². The smallest absolute Gasteiger partial charge is 0.256 e. The van der Waals surface area contributed by atoms with E-state index in [1.54, 1.807) is 49.6 Å². The van der Waals surface area contributed by atoms with E-state index >= 15 is 0 Å². The first kappa shape index (κ1) is 18.5. The Morgan fingerprint density at radius 1 is 0.897 bits per heavy atom. The lowest BCUT2D eigenvalue weighted by Gasteiger charge is -2.08. The quantitative estimate of drug-likeness (QED) is 0.478. The van der Waals surface area contributed by atoms with Crippen LogP contribution in [0.4, 0.5) is 5.69 Å². The van der Waals surface area contributed by atoms with Crippen molar-refractivity contribution in [1.29, 1.82) is 0 Å². The number of rotatable bonds is 5. The predicted octanol–water partition coefficient (Wildman–Crippen LogP) is 5.23. The lowest BCUT2D eigenvalue weighted by Crippen LogP contribution is -2.15. The summed E-state index contributed by atoms with van der Waals surface area (Å²) >= 11 is 0. The number of benzene rings is 3. The lowest BCUT2D eigenvalue weighted by atomic mass is 10.1. The number of ketones is 1. The molecular formula is C24H19NO4. The van der Waals surface area contributed by atoms with E-state index in [0.29, 0.717) is 33.5 Å². The molecule has 5 heteroatoms. The fourth-order valence-corrected chi connectivity index (χ4v) is 3.21. The number of fused-ring (bicyclic) bond motifs is 1. The second kappa shape index (κ2) is 7.64. The predicted molar refractivity (Wildman–Crippen MR) is 112 cm³/mol. The van der Waals surface area contributed by atoms with Crippen molar-refractivity contribution < 1.29 is 18.7 Å². The molecule has 0 aliphatic heterocycles. The third-order valence-corrected chi connectivity index (χ3v) is 4.78. The van der Waals surface area contributed by atoms with Crippen LogP contribution >= 0.6 is 0 Å². The molecule has 1 amide bonds. The van der Waals surface area contributed by atoms with Crippen molar-refractivity contribution in [3.8, 4) is 5.75 Å². The van der Waals surface area contributed by atoms with E-state index in [1.165, 1.54) is 0 Å². The number of methoxy groups -OCH3 is 1. The summed E-state index contributed by atoms with van der Waals surface area (Å²) in [4.78, 5) is 26.0. The molecule has 1 heterocycles. The first-order valence-electron chi connectivity index (χ1n) is 9.15. The molecule has 1 N–H and O–H groups in total. The van der Waals surface area contributed by atoms with Crippen LogP contribution in [0.1, 0.15) is 32.0 Å². The standard InChI is InChI=1S/C24H19NO4/c1-15-7-3-4-8-18(15)24(27)25-21-19-9-5-6-10-20(19)29-23(21)22(26)16-11-13-17(28-2)14-12-16/h3-14H,1-2H3,(H,25,27). The Bertz CT molecular complexity index is 1210. The lowest BCUT2D eigenvalue weighted by molar-refractivity contribution is 0.101. The van der Waals surface area contributed by atoms with E-state index in [4.69, 9.17) is 9.15 Å². The van der Waals surface area contributed by atoms with Gasteiger partial charge in [-0.15, -0.1) is 0 Å². The number of carbonyl (C=O) groups excluding carboxylic acids is 2. The average Bonchev–Trinajstić information content (AvgIpc) is 3.12. The number of carbonyl (C=O) groups is 2. The van der Waals surface area contributed by atoms with E-state index < -0.39 is 0 Å². The summed E-state index contributed by atoms with van der Waals surface area (Å²) in [5, 5.41) is 3.56. The molecule has 0 saturated heterocycles. The number of anilines is 1. The van der Waals surface area contributed by atoms with Gasteiger partial charge in [0.1, 0.15) is 11.3 Å². The summed E-state index contributed by atoms with van der Waals surface area (Å²) in [6.07, 6.45) is 0. The highest BCUT2D eigenvalue weighted by Gasteiger charge is 2.24. The third-order valence-electron chi connectivity index (χ3n) is 4.78. The second-order valence-electron chi connectivity index (χ2n) is 6.63. The van der Waals surface area contributed by atoms with E-state index in [9.17, 15) is 9.59 Å². The van der Waals surface area contributed by atoms with Gasteiger partial charge in [0.2, 0.25) is 5.78 Å². The summed E-state index contributed by atoms with van der Waals surface area (Å²) in [5.74, 6) is 0.139. The molecule has 0 unspecified atom stereocenters. The third kappa shape index (κ3) is 3.50. The van der Waals surface area contributed by atoms with E-state index in [-0.39, 0.29) is 17.5 Å². The summed E-state index contributed by atoms with van der Waals surface area (Å²) < 4.78 is 11.0. The molecule has 29 heavy (non-hydrogen) atoms. The molecule has 4 rings (SSSR count). The maximum Gasteiger partial charge on any atom is 0.256 e. The normalized spacial score (nSPS) is 10.7. The summed E-state index contributed by atoms with van der Waals surface area (Å²) in [7, 11) is 1.56. The molecule has 3 aromatic carbocycles. The molecule has 0 aliphatic carbocycles. The molecular weight excluding hydrogens is 366 g/mol. The molecule has 0 atom stereocenters. The van der Waals surface area contributed by atoms with Gasteiger partial charge in [-0.3, -0.25) is 9.59 Å². The Hall–Kier alpha value is -3.86. The maximum absolute atomic E-state index is 13.1. The molecule has 0 radical (unpaired) electrons. The molecule has 0 bridgehead atoms. The van der Waals surface area contributed by atoms with Crippen LogP contribution in [0.2, 0.25) is 0 Å². The fraction of sp³-hybridized carbons (Fsp3) is 0.0833. The highest BCUT2D eigenvalue weighted by atomic mass is 16.5. The number of hydrogen-bond donors (Lipinski definition) is 1. The molecule has 0 fully saturated rings. The molecule has 0 saturated carbocycles. The molecule has 1 aromatic heterocycles. The van der Waals surface area contributed by atoms with E-state index in [2.05, 4.69) is 5.32 Å². The first-order valence-corrected chi connectivity index (χ1v) is 9.15. The number of amides is 1. The fourth-order valence-electron chi connectivity index (χ4n) is 3.21. The maximum atomic E-state index is 13.1. The molecule has 0 aliphatic rings. The number of para-hydroxylation sites is 1. The highest BCUT2D eigenvalue weighted by Crippen LogP contribution is 2.33. The minimum atomic E-state index is -0.316. The number of nitrogens with one attached hydrogen (secondary N) is 1. The van der Waals surface area contributed by atoms with Gasteiger partial charge in [-0.2, -0.15) is 0 Å². The molecule has 0 spiro atoms. The Balaban J connectivity index is 1.77. The Morgan fingerprint density at radius 3 is 2.31 bits per heavy atom. The second-order valence-corrected chi connectivity index (χ2v) is 6.63. The van der Waals surface area contributed by atoms with Crippen molar-refractivity contribution >= 4 is 28.3 Å². The van der Waals surface area contributed by atoms with E-state index in [0.717, 1.165) is 5.56 Å². The van der Waals surface area contributed by atoms with Crippen LogP contribution in [0.25, 0.3) is 11.0 Å². The van der Waals surface area contributed by atoms with Crippen LogP contribution in [0, 0.1) is 6.92 Å². The van der Waals surface area contributed by atoms with Crippen LogP contribution in [0.15, 0.2) is 77.2 Å². The molecule has 5 nitrogen and oxygen atoms in total. The summed E-state index contributed by atoms with van der Waals surface area (Å²) in [6.45, 7) is 1.87.